The molecule has 2 aromatic rings. The number of rotatable bonds is 3. The molecule has 0 N–H and O–H groups in total. The molecule has 0 heterocycles. The zero-order valence-corrected chi connectivity index (χ0v) is 33.0. The first-order valence-corrected chi connectivity index (χ1v) is 17.2. The van der Waals surface area contributed by atoms with Crippen molar-refractivity contribution in [1.29, 1.82) is 0 Å². The van der Waals surface area contributed by atoms with E-state index in [1.54, 1.807) is 33.4 Å². The lowest BCUT2D eigenvalue weighted by molar-refractivity contribution is 0.468. The maximum atomic E-state index is 2.69. The summed E-state index contributed by atoms with van der Waals surface area (Å²) in [5.41, 5.74) is 14.1. The summed E-state index contributed by atoms with van der Waals surface area (Å²) in [7, 11) is 0. The Morgan fingerprint density at radius 2 is 0.744 bits per heavy atom. The molecule has 0 amide bonds. The van der Waals surface area contributed by atoms with Crippen LogP contribution in [0.2, 0.25) is 0 Å². The van der Waals surface area contributed by atoms with E-state index in [0.29, 0.717) is 5.92 Å². The highest BCUT2D eigenvalue weighted by atomic mass is 14.5. The number of hydrogen-bond donors (Lipinski definition) is 0. The van der Waals surface area contributed by atoms with Gasteiger partial charge in [-0.2, -0.15) is 0 Å². The molecule has 0 saturated carbocycles. The van der Waals surface area contributed by atoms with Crippen LogP contribution in [-0.2, 0) is 37.9 Å². The van der Waals surface area contributed by atoms with Gasteiger partial charge in [0.05, 0.1) is 0 Å². The molecule has 0 aliphatic rings. The van der Waals surface area contributed by atoms with Crippen molar-refractivity contribution in [2.75, 3.05) is 0 Å². The predicted octanol–water partition coefficient (Wildman–Crippen LogP) is 13.3. The first kappa shape index (κ1) is 37.6. The molecule has 0 fully saturated rings. The molecule has 0 heteroatoms. The Hall–Kier alpha value is -1.56. The third-order valence-corrected chi connectivity index (χ3v) is 9.16. The van der Waals surface area contributed by atoms with Crippen molar-refractivity contribution < 1.29 is 0 Å². The van der Waals surface area contributed by atoms with Gasteiger partial charge in [0, 0.05) is 5.92 Å². The van der Waals surface area contributed by atoms with Crippen LogP contribution in [0.15, 0.2) is 18.2 Å². The van der Waals surface area contributed by atoms with Gasteiger partial charge < -0.3 is 0 Å². The van der Waals surface area contributed by atoms with Crippen LogP contribution < -0.4 is 0 Å². The Kier molecular flexibility index (Phi) is 9.93. The van der Waals surface area contributed by atoms with Crippen molar-refractivity contribution >= 4 is 0 Å². The largest absolute Gasteiger partial charge is 0.0645 e. The van der Waals surface area contributed by atoms with Gasteiger partial charge in [0.1, 0.15) is 0 Å². The van der Waals surface area contributed by atoms with E-state index in [2.05, 4.69) is 171 Å². The highest BCUT2D eigenvalue weighted by molar-refractivity contribution is 5.61. The minimum atomic E-state index is -0.00674. The van der Waals surface area contributed by atoms with Crippen molar-refractivity contribution in [1.82, 2.24) is 0 Å². The molecule has 0 radical (unpaired) electrons. The smallest absolute Gasteiger partial charge is 0.00958 e. The second kappa shape index (κ2) is 11.4. The maximum Gasteiger partial charge on any atom is 0.00958 e. The average Bonchev–Trinajstić information content (AvgIpc) is 2.73. The third kappa shape index (κ3) is 7.82. The van der Waals surface area contributed by atoms with E-state index in [4.69, 9.17) is 0 Å². The highest BCUT2D eigenvalue weighted by Gasteiger charge is 2.41. The van der Waals surface area contributed by atoms with E-state index < -0.39 is 0 Å². The summed E-state index contributed by atoms with van der Waals surface area (Å²) >= 11 is 0. The van der Waals surface area contributed by atoms with Crippen molar-refractivity contribution in [3.8, 4) is 0 Å². The third-order valence-electron chi connectivity index (χ3n) is 9.16. The summed E-state index contributed by atoms with van der Waals surface area (Å²) in [4.78, 5) is 0. The molecule has 0 bridgehead atoms. The summed E-state index contributed by atoms with van der Waals surface area (Å²) in [5, 5.41) is 0. The van der Waals surface area contributed by atoms with Crippen LogP contribution in [0.1, 0.15) is 215 Å². The van der Waals surface area contributed by atoms with E-state index in [-0.39, 0.29) is 37.9 Å². The Bertz CT molecular complexity index is 1290. The molecule has 1 atom stereocenters. The zero-order chi connectivity index (χ0) is 34.1. The molecule has 0 aromatic heterocycles. The van der Waals surface area contributed by atoms with Crippen LogP contribution in [-0.4, -0.2) is 0 Å². The number of hydrogen-bond acceptors (Lipinski definition) is 0. The predicted molar refractivity (Wildman–Crippen MR) is 196 cm³/mol. The van der Waals surface area contributed by atoms with Gasteiger partial charge in [0.25, 0.3) is 0 Å². The Balaban J connectivity index is 3.52. The summed E-state index contributed by atoms with van der Waals surface area (Å²) in [6, 6.07) is 7.64. The quantitative estimate of drug-likeness (QED) is 0.334. The van der Waals surface area contributed by atoms with Crippen molar-refractivity contribution in [2.45, 2.75) is 203 Å². The molecule has 0 saturated heterocycles. The normalized spacial score (nSPS) is 15.2. The molecule has 0 aliphatic carbocycles. The van der Waals surface area contributed by atoms with Gasteiger partial charge in [-0.05, 0) is 94.4 Å². The first-order chi connectivity index (χ1) is 18.8. The van der Waals surface area contributed by atoms with Crippen LogP contribution in [0.3, 0.4) is 0 Å². The fourth-order valence-corrected chi connectivity index (χ4v) is 7.56. The van der Waals surface area contributed by atoms with Crippen LogP contribution in [0, 0.1) is 0 Å². The van der Waals surface area contributed by atoms with Gasteiger partial charge in [0.15, 0.2) is 0 Å². The Labute approximate surface area is 270 Å². The lowest BCUT2D eigenvalue weighted by atomic mass is 9.60. The van der Waals surface area contributed by atoms with Crippen LogP contribution in [0.25, 0.3) is 0 Å². The minimum absolute atomic E-state index is 0.00645. The van der Waals surface area contributed by atoms with Crippen molar-refractivity contribution in [2.24, 2.45) is 0 Å². The Morgan fingerprint density at radius 1 is 0.395 bits per heavy atom. The monoisotopic (exact) mass is 589 g/mol. The molecule has 2 aromatic carbocycles. The second-order valence-electron chi connectivity index (χ2n) is 20.8. The molecular formula is C43H72. The average molecular weight is 589 g/mol. The zero-order valence-electron chi connectivity index (χ0n) is 33.0. The van der Waals surface area contributed by atoms with Gasteiger partial charge >= 0.3 is 0 Å². The molecular weight excluding hydrogens is 516 g/mol. The minimum Gasteiger partial charge on any atom is -0.0645 e. The molecule has 0 nitrogen and oxygen atoms in total. The lowest BCUT2D eigenvalue weighted by Gasteiger charge is -2.44. The molecule has 1 unspecified atom stereocenters. The van der Waals surface area contributed by atoms with Crippen molar-refractivity contribution in [3.05, 3.63) is 68.3 Å². The summed E-state index contributed by atoms with van der Waals surface area (Å²) < 4.78 is 0. The van der Waals surface area contributed by atoms with Crippen LogP contribution in [0.4, 0.5) is 0 Å². The fraction of sp³-hybridized carbons (Fsp3) is 0.721. The first-order valence-electron chi connectivity index (χ1n) is 17.2. The number of benzene rings is 2. The SMILES string of the molecule is CCC(c1cc(C(C)(C)C)c(C(C)(C)C)c(C(C)(C)C)c1C(C)(C)C)c1c(C(C)(C)C)ccc(C(C)(C)C)c1C(C)(C)C. The van der Waals surface area contributed by atoms with Gasteiger partial charge in [0.2, 0.25) is 0 Å². The van der Waals surface area contributed by atoms with E-state index >= 15 is 0 Å². The lowest BCUT2D eigenvalue weighted by Crippen LogP contribution is -2.34. The van der Waals surface area contributed by atoms with Gasteiger partial charge in [-0.15, -0.1) is 0 Å². The van der Waals surface area contributed by atoms with E-state index in [9.17, 15) is 0 Å². The summed E-state index contributed by atoms with van der Waals surface area (Å²) in [6.45, 7) is 53.5. The summed E-state index contributed by atoms with van der Waals surface area (Å²) in [5.74, 6) is 0.302. The van der Waals surface area contributed by atoms with E-state index in [1.807, 2.05) is 0 Å². The molecule has 0 aliphatic heterocycles. The summed E-state index contributed by atoms with van der Waals surface area (Å²) in [6.07, 6.45) is 1.07. The van der Waals surface area contributed by atoms with E-state index in [1.165, 1.54) is 16.7 Å². The van der Waals surface area contributed by atoms with Gasteiger partial charge in [-0.3, -0.25) is 0 Å². The molecule has 43 heavy (non-hydrogen) atoms. The second-order valence-corrected chi connectivity index (χ2v) is 20.8. The standard InChI is InChI=1S/C43H72/c1-23-27(32-29(37(2,3)4)24-25-30(38(5,6)7)34(32)41(14,15)16)28-26-31(39(8,9)10)35(42(17,18)19)36(43(20,21)22)33(28)40(11,12)13/h24-27H,23H2,1-22H3. The molecule has 2 rings (SSSR count). The molecule has 244 valence electrons. The van der Waals surface area contributed by atoms with Gasteiger partial charge in [-0.1, -0.05) is 171 Å². The van der Waals surface area contributed by atoms with E-state index in [0.717, 1.165) is 6.42 Å². The van der Waals surface area contributed by atoms with Gasteiger partial charge in [-0.25, -0.2) is 0 Å². The van der Waals surface area contributed by atoms with Crippen LogP contribution in [0.5, 0.6) is 0 Å². The Morgan fingerprint density at radius 3 is 1.05 bits per heavy atom. The highest BCUT2D eigenvalue weighted by Crippen LogP contribution is 2.52. The van der Waals surface area contributed by atoms with Crippen LogP contribution >= 0.6 is 0 Å². The fourth-order valence-electron chi connectivity index (χ4n) is 7.56. The maximum absolute atomic E-state index is 2.69. The topological polar surface area (TPSA) is 0 Å². The van der Waals surface area contributed by atoms with Crippen molar-refractivity contribution in [3.63, 3.8) is 0 Å². The molecule has 0 spiro atoms.